The van der Waals surface area contributed by atoms with E-state index in [9.17, 15) is 14.4 Å². The zero-order valence-electron chi connectivity index (χ0n) is 15.6. The number of rotatable bonds is 7. The van der Waals surface area contributed by atoms with E-state index in [1.165, 1.54) is 18.2 Å². The van der Waals surface area contributed by atoms with E-state index < -0.39 is 5.97 Å². The van der Waals surface area contributed by atoms with Crippen LogP contribution in [0.1, 0.15) is 62.7 Å². The maximum Gasteiger partial charge on any atom is 0.340 e. The van der Waals surface area contributed by atoms with Crippen LogP contribution in [-0.2, 0) is 14.3 Å². The van der Waals surface area contributed by atoms with Crippen LogP contribution in [-0.4, -0.2) is 37.0 Å². The van der Waals surface area contributed by atoms with Gasteiger partial charge >= 0.3 is 5.97 Å². The molecule has 0 heterocycles. The monoisotopic (exact) mass is 360 g/mol. The Morgan fingerprint density at radius 2 is 1.85 bits per heavy atom. The van der Waals surface area contributed by atoms with E-state index in [2.05, 4.69) is 5.32 Å². The molecule has 2 rings (SSSR count). The van der Waals surface area contributed by atoms with Crippen LogP contribution in [0.5, 0.6) is 0 Å². The smallest absolute Gasteiger partial charge is 0.340 e. The van der Waals surface area contributed by atoms with Crippen molar-refractivity contribution in [1.29, 1.82) is 0 Å². The molecular formula is C20H28N2O4. The minimum absolute atomic E-state index is 0.0586. The zero-order chi connectivity index (χ0) is 18.9. The Morgan fingerprint density at radius 1 is 1.15 bits per heavy atom. The predicted molar refractivity (Wildman–Crippen MR) is 100 cm³/mol. The van der Waals surface area contributed by atoms with Crippen LogP contribution >= 0.6 is 0 Å². The van der Waals surface area contributed by atoms with Crippen LogP contribution in [0.2, 0.25) is 0 Å². The number of benzene rings is 1. The molecule has 1 fully saturated rings. The molecule has 0 saturated heterocycles. The Morgan fingerprint density at radius 3 is 2.50 bits per heavy atom. The molecule has 6 heteroatoms. The van der Waals surface area contributed by atoms with Crippen LogP contribution in [0, 0.1) is 0 Å². The fraction of sp³-hybridized carbons (Fsp3) is 0.550. The van der Waals surface area contributed by atoms with Crippen LogP contribution < -0.4 is 10.2 Å². The first-order valence-electron chi connectivity index (χ1n) is 9.36. The van der Waals surface area contributed by atoms with Gasteiger partial charge in [-0.15, -0.1) is 0 Å². The quantitative estimate of drug-likeness (QED) is 0.758. The Balaban J connectivity index is 2.03. The van der Waals surface area contributed by atoms with Gasteiger partial charge in [0.15, 0.2) is 0 Å². The lowest BCUT2D eigenvalue weighted by Crippen LogP contribution is -2.39. The summed E-state index contributed by atoms with van der Waals surface area (Å²) in [5, 5.41) is 3.05. The number of carbonyl (C=O) groups is 3. The van der Waals surface area contributed by atoms with Gasteiger partial charge in [-0.25, -0.2) is 4.79 Å². The van der Waals surface area contributed by atoms with Crippen LogP contribution in [0.25, 0.3) is 0 Å². The number of amides is 2. The Labute approximate surface area is 154 Å². The van der Waals surface area contributed by atoms with E-state index >= 15 is 0 Å². The highest BCUT2D eigenvalue weighted by atomic mass is 16.5. The highest BCUT2D eigenvalue weighted by molar-refractivity contribution is 6.02. The number of nitrogens with one attached hydrogen (secondary N) is 1. The Bertz CT molecular complexity index is 638. The maximum atomic E-state index is 12.3. The summed E-state index contributed by atoms with van der Waals surface area (Å²) in [6, 6.07) is 7.06. The molecule has 0 radical (unpaired) electrons. The summed E-state index contributed by atoms with van der Waals surface area (Å²) >= 11 is 0. The molecule has 26 heavy (non-hydrogen) atoms. The van der Waals surface area contributed by atoms with Gasteiger partial charge in [0.2, 0.25) is 11.8 Å². The number of hydrogen-bond acceptors (Lipinski definition) is 4. The molecule has 1 saturated carbocycles. The van der Waals surface area contributed by atoms with Gasteiger partial charge in [-0.2, -0.15) is 0 Å². The normalized spacial score (nSPS) is 14.5. The van der Waals surface area contributed by atoms with Crippen molar-refractivity contribution in [2.24, 2.45) is 0 Å². The Hall–Kier alpha value is -2.37. The van der Waals surface area contributed by atoms with Crippen molar-refractivity contribution in [1.82, 2.24) is 5.32 Å². The molecule has 1 aromatic rings. The molecule has 142 valence electrons. The molecule has 0 spiro atoms. The lowest BCUT2D eigenvalue weighted by atomic mass is 9.95. The molecule has 0 aromatic heterocycles. The first-order chi connectivity index (χ1) is 12.5. The second kappa shape index (κ2) is 9.94. The van der Waals surface area contributed by atoms with E-state index in [0.29, 0.717) is 11.3 Å². The molecule has 1 aliphatic carbocycles. The fourth-order valence-electron chi connectivity index (χ4n) is 3.30. The van der Waals surface area contributed by atoms with Gasteiger partial charge in [0.05, 0.1) is 17.9 Å². The summed E-state index contributed by atoms with van der Waals surface area (Å²) < 4.78 is 5.07. The van der Waals surface area contributed by atoms with Crippen molar-refractivity contribution in [2.45, 2.75) is 58.4 Å². The minimum atomic E-state index is -0.471. The van der Waals surface area contributed by atoms with Gasteiger partial charge < -0.3 is 15.0 Å². The third kappa shape index (κ3) is 5.58. The summed E-state index contributed by atoms with van der Waals surface area (Å²) in [7, 11) is 0. The van der Waals surface area contributed by atoms with Crippen molar-refractivity contribution in [3.05, 3.63) is 29.8 Å². The van der Waals surface area contributed by atoms with Crippen molar-refractivity contribution in [3.8, 4) is 0 Å². The average Bonchev–Trinajstić information content (AvgIpc) is 2.63. The number of ether oxygens (including phenoxy) is 1. The average molecular weight is 360 g/mol. The zero-order valence-corrected chi connectivity index (χ0v) is 15.6. The molecular weight excluding hydrogens is 332 g/mol. The van der Waals surface area contributed by atoms with Gasteiger partial charge in [0.25, 0.3) is 0 Å². The number of anilines is 1. The second-order valence-electron chi connectivity index (χ2n) is 6.56. The molecule has 6 nitrogen and oxygen atoms in total. The number of hydrogen-bond donors (Lipinski definition) is 1. The molecule has 2 amide bonds. The van der Waals surface area contributed by atoms with Gasteiger partial charge in [-0.1, -0.05) is 31.4 Å². The molecule has 0 aliphatic heterocycles. The minimum Gasteiger partial charge on any atom is -0.462 e. The molecule has 1 N–H and O–H groups in total. The molecule has 0 unspecified atom stereocenters. The lowest BCUT2D eigenvalue weighted by Gasteiger charge is -2.25. The largest absolute Gasteiger partial charge is 0.462 e. The SMILES string of the molecule is CCOC(=O)c1ccccc1N(CCC(=O)NC1CCCCC1)C(C)=O. The second-order valence-corrected chi connectivity index (χ2v) is 6.56. The maximum absolute atomic E-state index is 12.3. The van der Waals surface area contributed by atoms with Gasteiger partial charge in [0.1, 0.15) is 0 Å². The summed E-state index contributed by atoms with van der Waals surface area (Å²) in [5.74, 6) is -0.745. The van der Waals surface area contributed by atoms with Gasteiger partial charge in [-0.3, -0.25) is 9.59 Å². The van der Waals surface area contributed by atoms with Gasteiger partial charge in [-0.05, 0) is 31.9 Å². The van der Waals surface area contributed by atoms with Crippen LogP contribution in [0.15, 0.2) is 24.3 Å². The summed E-state index contributed by atoms with van der Waals surface area (Å²) in [5.41, 5.74) is 0.807. The fourth-order valence-corrected chi connectivity index (χ4v) is 3.30. The molecule has 1 aromatic carbocycles. The standard InChI is InChI=1S/C20H28N2O4/c1-3-26-20(25)17-11-7-8-12-18(17)22(15(2)23)14-13-19(24)21-16-9-5-4-6-10-16/h7-8,11-12,16H,3-6,9-10,13-14H2,1-2H3,(H,21,24). The first kappa shape index (κ1) is 19.9. The molecule has 0 bridgehead atoms. The van der Waals surface area contributed by atoms with E-state index in [1.54, 1.807) is 31.2 Å². The number of para-hydroxylation sites is 1. The summed E-state index contributed by atoms with van der Waals surface area (Å²) in [6.07, 6.45) is 5.78. The number of esters is 1. The first-order valence-corrected chi connectivity index (χ1v) is 9.36. The predicted octanol–water partition coefficient (Wildman–Crippen LogP) is 3.06. The van der Waals surface area contributed by atoms with Crippen molar-refractivity contribution in [3.63, 3.8) is 0 Å². The van der Waals surface area contributed by atoms with E-state index in [0.717, 1.165) is 25.7 Å². The van der Waals surface area contributed by atoms with Crippen molar-refractivity contribution < 1.29 is 19.1 Å². The molecule has 1 aliphatic rings. The third-order valence-corrected chi connectivity index (χ3v) is 4.60. The van der Waals surface area contributed by atoms with Gasteiger partial charge in [0, 0.05) is 25.9 Å². The van der Waals surface area contributed by atoms with E-state index in [4.69, 9.17) is 4.74 Å². The van der Waals surface area contributed by atoms with E-state index in [1.807, 2.05) is 0 Å². The number of carbonyl (C=O) groups excluding carboxylic acids is 3. The topological polar surface area (TPSA) is 75.7 Å². The summed E-state index contributed by atoms with van der Waals surface area (Å²) in [6.45, 7) is 3.65. The highest BCUT2D eigenvalue weighted by Crippen LogP contribution is 2.22. The molecule has 0 atom stereocenters. The van der Waals surface area contributed by atoms with Crippen LogP contribution in [0.3, 0.4) is 0 Å². The Kier molecular flexibility index (Phi) is 7.63. The lowest BCUT2D eigenvalue weighted by molar-refractivity contribution is -0.121. The van der Waals surface area contributed by atoms with Crippen molar-refractivity contribution in [2.75, 3.05) is 18.1 Å². The highest BCUT2D eigenvalue weighted by Gasteiger charge is 2.21. The van der Waals surface area contributed by atoms with Crippen molar-refractivity contribution >= 4 is 23.5 Å². The number of nitrogens with zero attached hydrogens (tertiary/aromatic N) is 1. The third-order valence-electron chi connectivity index (χ3n) is 4.60. The van der Waals surface area contributed by atoms with E-state index in [-0.39, 0.29) is 37.4 Å². The summed E-state index contributed by atoms with van der Waals surface area (Å²) in [4.78, 5) is 38.0. The van der Waals surface area contributed by atoms with Crippen LogP contribution in [0.4, 0.5) is 5.69 Å².